The highest BCUT2D eigenvalue weighted by Crippen LogP contribution is 2.20. The standard InChI is InChI=1S/C19H28FN3O2.2ClH/c1-25-18-4-2-16(12-17(18)20)14-22-8-10-23(11-9-22)19(24)5-3-15-6-7-21-13-15;;/h2,4,12,15,21H,3,5-11,13-14H2,1H3;2*1H. The number of benzene rings is 1. The van der Waals surface area contributed by atoms with Crippen molar-refractivity contribution in [1.29, 1.82) is 0 Å². The first-order valence-corrected chi connectivity index (χ1v) is 9.19. The topological polar surface area (TPSA) is 44.8 Å². The molecule has 0 spiro atoms. The van der Waals surface area contributed by atoms with E-state index in [-0.39, 0.29) is 42.3 Å². The minimum atomic E-state index is -0.324. The van der Waals surface area contributed by atoms with E-state index < -0.39 is 0 Å². The highest BCUT2D eigenvalue weighted by molar-refractivity contribution is 5.85. The minimum Gasteiger partial charge on any atom is -0.494 e. The molecular weight excluding hydrogens is 392 g/mol. The van der Waals surface area contributed by atoms with Gasteiger partial charge in [0.15, 0.2) is 11.6 Å². The Bertz CT molecular complexity index is 592. The van der Waals surface area contributed by atoms with E-state index in [0.717, 1.165) is 51.3 Å². The van der Waals surface area contributed by atoms with Gasteiger partial charge in [0, 0.05) is 39.1 Å². The summed E-state index contributed by atoms with van der Waals surface area (Å²) in [6.45, 7) is 6.05. The first-order valence-electron chi connectivity index (χ1n) is 9.19. The van der Waals surface area contributed by atoms with Crippen LogP contribution in [0.4, 0.5) is 4.39 Å². The molecule has 2 saturated heterocycles. The van der Waals surface area contributed by atoms with E-state index in [9.17, 15) is 9.18 Å². The van der Waals surface area contributed by atoms with Crippen LogP contribution in [0.3, 0.4) is 0 Å². The van der Waals surface area contributed by atoms with E-state index >= 15 is 0 Å². The number of nitrogens with zero attached hydrogens (tertiary/aromatic N) is 2. The van der Waals surface area contributed by atoms with Crippen LogP contribution in [-0.2, 0) is 11.3 Å². The second-order valence-corrected chi connectivity index (χ2v) is 7.02. The summed E-state index contributed by atoms with van der Waals surface area (Å²) in [4.78, 5) is 16.6. The molecule has 8 heteroatoms. The van der Waals surface area contributed by atoms with Crippen molar-refractivity contribution in [3.05, 3.63) is 29.6 Å². The Labute approximate surface area is 173 Å². The number of methoxy groups -OCH3 is 1. The normalized spacial score (nSPS) is 19.9. The lowest BCUT2D eigenvalue weighted by molar-refractivity contribution is -0.133. The zero-order chi connectivity index (χ0) is 17.6. The second kappa shape index (κ2) is 11.7. The molecule has 0 aliphatic carbocycles. The van der Waals surface area contributed by atoms with Crippen molar-refractivity contribution in [3.8, 4) is 5.75 Å². The predicted octanol–water partition coefficient (Wildman–Crippen LogP) is 2.71. The monoisotopic (exact) mass is 421 g/mol. The van der Waals surface area contributed by atoms with Gasteiger partial charge in [0.2, 0.25) is 5.91 Å². The van der Waals surface area contributed by atoms with Crippen molar-refractivity contribution in [2.24, 2.45) is 5.92 Å². The number of piperazine rings is 1. The lowest BCUT2D eigenvalue weighted by atomic mass is 10.0. The summed E-state index contributed by atoms with van der Waals surface area (Å²) >= 11 is 0. The average Bonchev–Trinajstić information content (AvgIpc) is 3.14. The largest absolute Gasteiger partial charge is 0.494 e. The molecule has 5 nitrogen and oxygen atoms in total. The predicted molar refractivity (Wildman–Crippen MR) is 110 cm³/mol. The molecule has 2 aliphatic heterocycles. The van der Waals surface area contributed by atoms with Gasteiger partial charge in [0.05, 0.1) is 7.11 Å². The van der Waals surface area contributed by atoms with Crippen molar-refractivity contribution >= 4 is 30.7 Å². The van der Waals surface area contributed by atoms with Gasteiger partial charge in [-0.2, -0.15) is 0 Å². The molecule has 0 radical (unpaired) electrons. The Morgan fingerprint density at radius 3 is 2.59 bits per heavy atom. The van der Waals surface area contributed by atoms with Crippen LogP contribution in [0.15, 0.2) is 18.2 Å². The Balaban J connectivity index is 0.00000182. The molecule has 1 atom stereocenters. The fourth-order valence-corrected chi connectivity index (χ4v) is 3.67. The maximum atomic E-state index is 13.8. The third kappa shape index (κ3) is 6.79. The molecule has 1 amide bonds. The van der Waals surface area contributed by atoms with Crippen LogP contribution in [-0.4, -0.2) is 62.1 Å². The quantitative estimate of drug-likeness (QED) is 0.766. The molecule has 1 unspecified atom stereocenters. The van der Waals surface area contributed by atoms with E-state index in [0.29, 0.717) is 18.9 Å². The third-order valence-corrected chi connectivity index (χ3v) is 5.28. The number of nitrogens with one attached hydrogen (secondary N) is 1. The zero-order valence-corrected chi connectivity index (χ0v) is 17.4. The highest BCUT2D eigenvalue weighted by Gasteiger charge is 2.23. The van der Waals surface area contributed by atoms with E-state index in [4.69, 9.17) is 4.74 Å². The van der Waals surface area contributed by atoms with Gasteiger partial charge in [0.25, 0.3) is 0 Å². The molecule has 2 fully saturated rings. The van der Waals surface area contributed by atoms with Crippen LogP contribution in [0, 0.1) is 11.7 Å². The molecule has 2 heterocycles. The van der Waals surface area contributed by atoms with Crippen molar-refractivity contribution in [2.45, 2.75) is 25.8 Å². The van der Waals surface area contributed by atoms with Gasteiger partial charge in [-0.25, -0.2) is 4.39 Å². The van der Waals surface area contributed by atoms with Crippen molar-refractivity contribution in [1.82, 2.24) is 15.1 Å². The van der Waals surface area contributed by atoms with Gasteiger partial charge >= 0.3 is 0 Å². The third-order valence-electron chi connectivity index (χ3n) is 5.28. The molecule has 2 aliphatic rings. The number of rotatable bonds is 6. The first-order chi connectivity index (χ1) is 12.2. The Morgan fingerprint density at radius 2 is 2.00 bits per heavy atom. The van der Waals surface area contributed by atoms with Crippen molar-refractivity contribution in [3.63, 3.8) is 0 Å². The van der Waals surface area contributed by atoms with E-state index in [1.807, 2.05) is 11.0 Å². The number of ether oxygens (including phenoxy) is 1. The van der Waals surface area contributed by atoms with Crippen LogP contribution in [0.1, 0.15) is 24.8 Å². The lowest BCUT2D eigenvalue weighted by Crippen LogP contribution is -2.48. The van der Waals surface area contributed by atoms with E-state index in [1.54, 1.807) is 6.07 Å². The summed E-state index contributed by atoms with van der Waals surface area (Å²) in [5.41, 5.74) is 0.937. The smallest absolute Gasteiger partial charge is 0.222 e. The van der Waals surface area contributed by atoms with Gasteiger partial charge in [-0.15, -0.1) is 24.8 Å². The number of hydrogen-bond donors (Lipinski definition) is 1. The molecule has 0 bridgehead atoms. The molecule has 27 heavy (non-hydrogen) atoms. The zero-order valence-electron chi connectivity index (χ0n) is 15.8. The van der Waals surface area contributed by atoms with Crippen LogP contribution in [0.5, 0.6) is 5.75 Å². The molecule has 154 valence electrons. The number of amides is 1. The maximum Gasteiger partial charge on any atom is 0.222 e. The summed E-state index contributed by atoms with van der Waals surface area (Å²) in [7, 11) is 1.47. The van der Waals surface area contributed by atoms with Gasteiger partial charge in [-0.3, -0.25) is 9.69 Å². The van der Waals surface area contributed by atoms with Gasteiger partial charge < -0.3 is 15.0 Å². The average molecular weight is 422 g/mol. The maximum absolute atomic E-state index is 13.8. The molecule has 3 rings (SSSR count). The fraction of sp³-hybridized carbons (Fsp3) is 0.632. The van der Waals surface area contributed by atoms with E-state index in [1.165, 1.54) is 19.6 Å². The fourth-order valence-electron chi connectivity index (χ4n) is 3.67. The highest BCUT2D eigenvalue weighted by atomic mass is 35.5. The number of carbonyl (C=O) groups excluding carboxylic acids is 1. The van der Waals surface area contributed by atoms with E-state index in [2.05, 4.69) is 10.2 Å². The first kappa shape index (κ1) is 24.0. The lowest BCUT2D eigenvalue weighted by Gasteiger charge is -2.35. The number of hydrogen-bond acceptors (Lipinski definition) is 4. The van der Waals surface area contributed by atoms with Crippen molar-refractivity contribution in [2.75, 3.05) is 46.4 Å². The van der Waals surface area contributed by atoms with Crippen LogP contribution in [0.25, 0.3) is 0 Å². The SMILES string of the molecule is COc1ccc(CN2CCN(C(=O)CCC3CCNC3)CC2)cc1F.Cl.Cl. The molecule has 1 aromatic carbocycles. The van der Waals surface area contributed by atoms with Crippen LogP contribution in [0.2, 0.25) is 0 Å². The Hall–Kier alpha value is -1.08. The molecule has 0 saturated carbocycles. The number of halogens is 3. The Kier molecular flexibility index (Phi) is 10.4. The van der Waals surface area contributed by atoms with Crippen LogP contribution < -0.4 is 10.1 Å². The molecule has 1 aromatic rings. The van der Waals surface area contributed by atoms with Gasteiger partial charge in [-0.05, 0) is 49.5 Å². The minimum absolute atomic E-state index is 0. The van der Waals surface area contributed by atoms with Gasteiger partial charge in [0.1, 0.15) is 0 Å². The second-order valence-electron chi connectivity index (χ2n) is 7.02. The summed E-state index contributed by atoms with van der Waals surface area (Å²) in [6, 6.07) is 5.10. The van der Waals surface area contributed by atoms with Crippen molar-refractivity contribution < 1.29 is 13.9 Å². The molecule has 1 N–H and O–H groups in total. The summed E-state index contributed by atoms with van der Waals surface area (Å²) in [6.07, 6.45) is 2.85. The molecule has 0 aromatic heterocycles. The Morgan fingerprint density at radius 1 is 1.26 bits per heavy atom. The van der Waals surface area contributed by atoms with Crippen LogP contribution >= 0.6 is 24.8 Å². The van der Waals surface area contributed by atoms with Gasteiger partial charge in [-0.1, -0.05) is 6.07 Å². The molecular formula is C19H30Cl2FN3O2. The number of carbonyl (C=O) groups is 1. The summed E-state index contributed by atoms with van der Waals surface area (Å²) < 4.78 is 18.7. The summed E-state index contributed by atoms with van der Waals surface area (Å²) in [5.74, 6) is 0.893. The summed E-state index contributed by atoms with van der Waals surface area (Å²) in [5, 5.41) is 3.35.